The van der Waals surface area contributed by atoms with E-state index in [1.54, 1.807) is 6.92 Å². The minimum atomic E-state index is -0.874. The lowest BCUT2D eigenvalue weighted by Gasteiger charge is -2.07. The van der Waals surface area contributed by atoms with E-state index in [2.05, 4.69) is 11.7 Å². The lowest BCUT2D eigenvalue weighted by atomic mass is 9.97. The molecule has 4 nitrogen and oxygen atoms in total. The van der Waals surface area contributed by atoms with Gasteiger partial charge >= 0.3 is 5.97 Å². The molecule has 1 atom stereocenters. The number of nitrogens with zero attached hydrogens (tertiary/aromatic N) is 1. The molecule has 0 bridgehead atoms. The Morgan fingerprint density at radius 2 is 1.41 bits per heavy atom. The molecule has 0 heterocycles. The Morgan fingerprint density at radius 3 is 1.86 bits per heavy atom. The number of esters is 1. The zero-order valence-electron chi connectivity index (χ0n) is 14.2. The topological polar surface area (TPSA) is 67.2 Å². The van der Waals surface area contributed by atoms with Crippen molar-refractivity contribution in [3.63, 3.8) is 0 Å². The predicted octanol–water partition coefficient (Wildman–Crippen LogP) is 4.57. The standard InChI is InChI=1S/C18H31NO3/c1-3-5-6-7-8-9-10-11-12-13-14-16(15-19)17(20)18(21)22-4-2/h16H,3-14H2,1-2H3. The van der Waals surface area contributed by atoms with Crippen molar-refractivity contribution in [3.05, 3.63) is 0 Å². The van der Waals surface area contributed by atoms with Gasteiger partial charge in [0.2, 0.25) is 0 Å². The highest BCUT2D eigenvalue weighted by atomic mass is 16.5. The van der Waals surface area contributed by atoms with Gasteiger partial charge < -0.3 is 4.74 Å². The van der Waals surface area contributed by atoms with Crippen LogP contribution in [0.4, 0.5) is 0 Å². The maximum Gasteiger partial charge on any atom is 0.376 e. The summed E-state index contributed by atoms with van der Waals surface area (Å²) in [5.74, 6) is -2.41. The lowest BCUT2D eigenvalue weighted by Crippen LogP contribution is -2.25. The van der Waals surface area contributed by atoms with Crippen molar-refractivity contribution >= 4 is 11.8 Å². The number of Topliss-reactive ketones (excluding diaryl/α,β-unsaturated/α-hetero) is 1. The third-order valence-corrected chi connectivity index (χ3v) is 3.80. The van der Waals surface area contributed by atoms with Gasteiger partial charge in [0.15, 0.2) is 0 Å². The maximum atomic E-state index is 11.7. The van der Waals surface area contributed by atoms with E-state index in [-0.39, 0.29) is 6.61 Å². The van der Waals surface area contributed by atoms with Gasteiger partial charge in [0.05, 0.1) is 12.7 Å². The van der Waals surface area contributed by atoms with Gasteiger partial charge in [-0.2, -0.15) is 5.26 Å². The van der Waals surface area contributed by atoms with Crippen molar-refractivity contribution in [2.45, 2.75) is 84.5 Å². The van der Waals surface area contributed by atoms with Crippen molar-refractivity contribution in [2.24, 2.45) is 5.92 Å². The predicted molar refractivity (Wildman–Crippen MR) is 87.2 cm³/mol. The summed E-state index contributed by atoms with van der Waals surface area (Å²) in [5, 5.41) is 8.98. The zero-order valence-corrected chi connectivity index (χ0v) is 14.2. The molecule has 0 amide bonds. The highest BCUT2D eigenvalue weighted by Gasteiger charge is 2.25. The molecule has 0 aliphatic carbocycles. The average molecular weight is 309 g/mol. The Bertz CT molecular complexity index is 347. The number of hydrogen-bond acceptors (Lipinski definition) is 4. The summed E-state index contributed by atoms with van der Waals surface area (Å²) in [4.78, 5) is 23.0. The summed E-state index contributed by atoms with van der Waals surface area (Å²) >= 11 is 0. The smallest absolute Gasteiger partial charge is 0.376 e. The van der Waals surface area contributed by atoms with Crippen LogP contribution in [0.1, 0.15) is 84.5 Å². The number of carbonyl (C=O) groups excluding carboxylic acids is 2. The summed E-state index contributed by atoms with van der Waals surface area (Å²) < 4.78 is 4.65. The van der Waals surface area contributed by atoms with Gasteiger partial charge in [-0.3, -0.25) is 4.79 Å². The Balaban J connectivity index is 3.61. The lowest BCUT2D eigenvalue weighted by molar-refractivity contribution is -0.154. The molecule has 0 aromatic rings. The molecule has 0 fully saturated rings. The van der Waals surface area contributed by atoms with Crippen LogP contribution in [0.15, 0.2) is 0 Å². The first-order chi connectivity index (χ1) is 10.7. The SMILES string of the molecule is CCCCCCCCCCCCC(C#N)C(=O)C(=O)OCC. The first-order valence-electron chi connectivity index (χ1n) is 8.77. The second kappa shape index (κ2) is 14.6. The fourth-order valence-electron chi connectivity index (χ4n) is 2.43. The maximum absolute atomic E-state index is 11.7. The van der Waals surface area contributed by atoms with Gasteiger partial charge in [-0.15, -0.1) is 0 Å². The van der Waals surface area contributed by atoms with Crippen molar-refractivity contribution in [3.8, 4) is 6.07 Å². The average Bonchev–Trinajstić information content (AvgIpc) is 2.52. The fourth-order valence-corrected chi connectivity index (χ4v) is 2.43. The molecule has 4 heteroatoms. The minimum Gasteiger partial charge on any atom is -0.460 e. The molecule has 0 aliphatic heterocycles. The number of ether oxygens (including phenoxy) is 1. The molecule has 0 saturated carbocycles. The molecule has 22 heavy (non-hydrogen) atoms. The summed E-state index contributed by atoms with van der Waals surface area (Å²) in [5.41, 5.74) is 0. The van der Waals surface area contributed by atoms with E-state index in [0.717, 1.165) is 19.3 Å². The van der Waals surface area contributed by atoms with Crippen LogP contribution in [-0.4, -0.2) is 18.4 Å². The molecule has 1 unspecified atom stereocenters. The monoisotopic (exact) mass is 309 g/mol. The van der Waals surface area contributed by atoms with E-state index in [9.17, 15) is 9.59 Å². The van der Waals surface area contributed by atoms with Crippen LogP contribution in [0, 0.1) is 17.2 Å². The Morgan fingerprint density at radius 1 is 0.909 bits per heavy atom. The van der Waals surface area contributed by atoms with E-state index in [1.807, 2.05) is 6.07 Å². The number of ketones is 1. The van der Waals surface area contributed by atoms with E-state index in [0.29, 0.717) is 6.42 Å². The van der Waals surface area contributed by atoms with E-state index < -0.39 is 17.7 Å². The van der Waals surface area contributed by atoms with Gasteiger partial charge in [-0.25, -0.2) is 4.79 Å². The van der Waals surface area contributed by atoms with Gasteiger partial charge in [0.25, 0.3) is 5.78 Å². The molecule has 0 aromatic carbocycles. The third kappa shape index (κ3) is 10.4. The van der Waals surface area contributed by atoms with Crippen LogP contribution in [-0.2, 0) is 14.3 Å². The Labute approximate surface area is 135 Å². The molecule has 0 saturated heterocycles. The van der Waals surface area contributed by atoms with Crippen LogP contribution >= 0.6 is 0 Å². The largest absolute Gasteiger partial charge is 0.460 e. The van der Waals surface area contributed by atoms with Gasteiger partial charge in [-0.05, 0) is 13.3 Å². The van der Waals surface area contributed by atoms with Gasteiger partial charge in [0, 0.05) is 0 Å². The fraction of sp³-hybridized carbons (Fsp3) is 0.833. The van der Waals surface area contributed by atoms with Crippen molar-refractivity contribution in [1.29, 1.82) is 5.26 Å². The van der Waals surface area contributed by atoms with Crippen LogP contribution in [0.25, 0.3) is 0 Å². The number of carbonyl (C=O) groups is 2. The van der Waals surface area contributed by atoms with Crippen molar-refractivity contribution in [1.82, 2.24) is 0 Å². The van der Waals surface area contributed by atoms with Crippen molar-refractivity contribution < 1.29 is 14.3 Å². The highest BCUT2D eigenvalue weighted by Crippen LogP contribution is 2.14. The van der Waals surface area contributed by atoms with Crippen LogP contribution in [0.3, 0.4) is 0 Å². The van der Waals surface area contributed by atoms with E-state index >= 15 is 0 Å². The number of hydrogen-bond donors (Lipinski definition) is 0. The van der Waals surface area contributed by atoms with Crippen LogP contribution < -0.4 is 0 Å². The molecule has 0 aliphatic rings. The third-order valence-electron chi connectivity index (χ3n) is 3.80. The summed E-state index contributed by atoms with van der Waals surface area (Å²) in [6, 6.07) is 1.92. The number of nitriles is 1. The number of unbranched alkanes of at least 4 members (excludes halogenated alkanes) is 9. The van der Waals surface area contributed by atoms with E-state index in [4.69, 9.17) is 5.26 Å². The van der Waals surface area contributed by atoms with Crippen LogP contribution in [0.5, 0.6) is 0 Å². The van der Waals surface area contributed by atoms with Crippen molar-refractivity contribution in [2.75, 3.05) is 6.61 Å². The normalized spacial score (nSPS) is 11.7. The first-order valence-corrected chi connectivity index (χ1v) is 8.77. The first kappa shape index (κ1) is 20.6. The summed E-state index contributed by atoms with van der Waals surface area (Å²) in [6.07, 6.45) is 12.5. The molecular formula is C18H31NO3. The molecule has 0 aromatic heterocycles. The highest BCUT2D eigenvalue weighted by molar-refractivity contribution is 6.35. The number of rotatable bonds is 14. The summed E-state index contributed by atoms with van der Waals surface area (Å²) in [6.45, 7) is 4.04. The quantitative estimate of drug-likeness (QED) is 0.268. The molecule has 0 N–H and O–H groups in total. The molecule has 0 spiro atoms. The Kier molecular flexibility index (Phi) is 13.7. The van der Waals surface area contributed by atoms with Crippen LogP contribution in [0.2, 0.25) is 0 Å². The molecule has 0 radical (unpaired) electrons. The Hall–Kier alpha value is -1.37. The van der Waals surface area contributed by atoms with Gasteiger partial charge in [0.1, 0.15) is 5.92 Å². The van der Waals surface area contributed by atoms with E-state index in [1.165, 1.54) is 44.9 Å². The zero-order chi connectivity index (χ0) is 16.6. The molecule has 0 rings (SSSR count). The molecule has 126 valence electrons. The second-order valence-corrected chi connectivity index (χ2v) is 5.74. The molecular weight excluding hydrogens is 278 g/mol. The van der Waals surface area contributed by atoms with Gasteiger partial charge in [-0.1, -0.05) is 71.1 Å². The second-order valence-electron chi connectivity index (χ2n) is 5.74. The summed E-state index contributed by atoms with van der Waals surface area (Å²) in [7, 11) is 0. The minimum absolute atomic E-state index is 0.168.